The van der Waals surface area contributed by atoms with Crippen LogP contribution in [-0.2, 0) is 0 Å². The second kappa shape index (κ2) is 11.0. The van der Waals surface area contributed by atoms with Crippen LogP contribution in [0.1, 0.15) is 83.1 Å². The van der Waals surface area contributed by atoms with Crippen LogP contribution in [0.4, 0.5) is 0 Å². The molecule has 2 aliphatic rings. The van der Waals surface area contributed by atoms with Gasteiger partial charge >= 0.3 is 0 Å². The smallest absolute Gasteiger partial charge is 0.0406 e. The second-order valence-corrected chi connectivity index (χ2v) is 9.22. The summed E-state index contributed by atoms with van der Waals surface area (Å²) < 4.78 is 0. The van der Waals surface area contributed by atoms with E-state index in [9.17, 15) is 0 Å². The lowest BCUT2D eigenvalue weighted by molar-refractivity contribution is 0.224. The van der Waals surface area contributed by atoms with E-state index in [4.69, 9.17) is 11.6 Å². The van der Waals surface area contributed by atoms with Crippen LogP contribution in [-0.4, -0.2) is 0 Å². The molecule has 2 saturated carbocycles. The molecule has 0 atom stereocenters. The zero-order valence-electron chi connectivity index (χ0n) is 16.9. The van der Waals surface area contributed by atoms with Gasteiger partial charge in [0, 0.05) is 10.6 Å². The Kier molecular flexibility index (Phi) is 8.34. The first-order chi connectivity index (χ1) is 13.2. The highest BCUT2D eigenvalue weighted by Crippen LogP contribution is 2.37. The van der Waals surface area contributed by atoms with Crippen LogP contribution < -0.4 is 0 Å². The number of rotatable bonds is 5. The number of benzene rings is 1. The molecule has 0 spiro atoms. The van der Waals surface area contributed by atoms with Gasteiger partial charge in [-0.3, -0.25) is 0 Å². The minimum absolute atomic E-state index is 0.737. The van der Waals surface area contributed by atoms with E-state index < -0.39 is 0 Å². The first-order valence-electron chi connectivity index (χ1n) is 11.2. The lowest BCUT2D eigenvalue weighted by Crippen LogP contribution is -2.17. The van der Waals surface area contributed by atoms with Crippen LogP contribution in [0.15, 0.2) is 36.4 Å². The maximum Gasteiger partial charge on any atom is 0.0406 e. The van der Waals surface area contributed by atoms with Crippen molar-refractivity contribution in [2.45, 2.75) is 77.6 Å². The fourth-order valence-corrected chi connectivity index (χ4v) is 5.04. The maximum absolute atomic E-state index is 5.90. The molecule has 0 radical (unpaired) electrons. The molecule has 1 heteroatoms. The van der Waals surface area contributed by atoms with Gasteiger partial charge in [0.15, 0.2) is 0 Å². The number of hydrogen-bond acceptors (Lipinski definition) is 0. The van der Waals surface area contributed by atoms with Gasteiger partial charge in [0.25, 0.3) is 0 Å². The molecule has 27 heavy (non-hydrogen) atoms. The van der Waals surface area contributed by atoms with Gasteiger partial charge in [0.05, 0.1) is 0 Å². The molecule has 0 heterocycles. The van der Waals surface area contributed by atoms with Gasteiger partial charge < -0.3 is 0 Å². The summed E-state index contributed by atoms with van der Waals surface area (Å²) in [6, 6.07) is 7.74. The largest absolute Gasteiger partial charge is 0.0843 e. The van der Waals surface area contributed by atoms with Crippen LogP contribution in [0.5, 0.6) is 0 Å². The van der Waals surface area contributed by atoms with E-state index >= 15 is 0 Å². The number of halogens is 1. The van der Waals surface area contributed by atoms with E-state index in [2.05, 4.69) is 30.9 Å². The maximum atomic E-state index is 5.90. The quantitative estimate of drug-likeness (QED) is 0.452. The van der Waals surface area contributed by atoms with Crippen molar-refractivity contribution in [1.82, 2.24) is 0 Å². The van der Waals surface area contributed by atoms with E-state index in [1.54, 1.807) is 0 Å². The van der Waals surface area contributed by atoms with Gasteiger partial charge in [-0.15, -0.1) is 0 Å². The minimum atomic E-state index is 0.737. The Morgan fingerprint density at radius 1 is 0.852 bits per heavy atom. The Balaban J connectivity index is 1.32. The second-order valence-electron chi connectivity index (χ2n) is 8.79. The van der Waals surface area contributed by atoms with Gasteiger partial charge in [-0.1, -0.05) is 81.4 Å². The molecule has 0 unspecified atom stereocenters. The standard InChI is InChI=1S/C26H35Cl/c1-2-21-7-9-24(10-8-21)15-16-25-13-11-22(12-14-25)5-3-4-6-23-17-19-26(27)20-18-23/h3,5,17-22,24-25H,2,7-16H2,1H3/t21-,22-,24-,25-. The summed E-state index contributed by atoms with van der Waals surface area (Å²) in [6.45, 7) is 2.36. The predicted octanol–water partition coefficient (Wildman–Crippen LogP) is 8.05. The monoisotopic (exact) mass is 382 g/mol. The Morgan fingerprint density at radius 3 is 2.00 bits per heavy atom. The van der Waals surface area contributed by atoms with Crippen LogP contribution in [0, 0.1) is 35.5 Å². The number of hydrogen-bond donors (Lipinski definition) is 0. The summed E-state index contributed by atoms with van der Waals surface area (Å²) in [6.07, 6.45) is 20.3. The van der Waals surface area contributed by atoms with Gasteiger partial charge in [0.1, 0.15) is 0 Å². The van der Waals surface area contributed by atoms with Crippen molar-refractivity contribution in [3.63, 3.8) is 0 Å². The molecule has 3 rings (SSSR count). The molecule has 0 bridgehead atoms. The van der Waals surface area contributed by atoms with Crippen LogP contribution in [0.3, 0.4) is 0 Å². The third-order valence-electron chi connectivity index (χ3n) is 6.93. The summed E-state index contributed by atoms with van der Waals surface area (Å²) in [4.78, 5) is 0. The molecule has 0 nitrogen and oxygen atoms in total. The summed E-state index contributed by atoms with van der Waals surface area (Å²) in [5.74, 6) is 10.2. The van der Waals surface area contributed by atoms with E-state index in [-0.39, 0.29) is 0 Å². The van der Waals surface area contributed by atoms with Crippen molar-refractivity contribution < 1.29 is 0 Å². The normalized spacial score (nSPS) is 28.7. The summed E-state index contributed by atoms with van der Waals surface area (Å²) in [5, 5.41) is 0.765. The first-order valence-corrected chi connectivity index (χ1v) is 11.5. The van der Waals surface area contributed by atoms with E-state index in [1.807, 2.05) is 24.3 Å². The van der Waals surface area contributed by atoms with Crippen molar-refractivity contribution in [2.24, 2.45) is 23.7 Å². The zero-order chi connectivity index (χ0) is 18.9. The fraction of sp³-hybridized carbons (Fsp3) is 0.615. The molecule has 1 aromatic carbocycles. The first kappa shape index (κ1) is 20.5. The van der Waals surface area contributed by atoms with Crippen molar-refractivity contribution in [2.75, 3.05) is 0 Å². The average Bonchev–Trinajstić information content (AvgIpc) is 2.72. The summed E-state index contributed by atoms with van der Waals surface area (Å²) in [5.41, 5.74) is 1.03. The highest BCUT2D eigenvalue weighted by molar-refractivity contribution is 6.30. The van der Waals surface area contributed by atoms with Crippen LogP contribution >= 0.6 is 11.6 Å². The van der Waals surface area contributed by atoms with Crippen LogP contribution in [0.25, 0.3) is 0 Å². The van der Waals surface area contributed by atoms with Crippen molar-refractivity contribution in [1.29, 1.82) is 0 Å². The minimum Gasteiger partial charge on any atom is -0.0843 e. The average molecular weight is 383 g/mol. The lowest BCUT2D eigenvalue weighted by atomic mass is 9.75. The molecule has 0 N–H and O–H groups in total. The molecule has 2 fully saturated rings. The van der Waals surface area contributed by atoms with Gasteiger partial charge in [-0.25, -0.2) is 0 Å². The molecule has 0 aromatic heterocycles. The SMILES string of the molecule is CC[C@H]1CC[C@H](CC[C@H]2CC[C@H](C=CC#Cc3ccc(Cl)cc3)CC2)CC1. The van der Waals surface area contributed by atoms with Crippen molar-refractivity contribution >= 4 is 11.6 Å². The Bertz CT molecular complexity index is 629. The molecular weight excluding hydrogens is 348 g/mol. The highest BCUT2D eigenvalue weighted by atomic mass is 35.5. The van der Waals surface area contributed by atoms with Crippen molar-refractivity contribution in [3.8, 4) is 11.8 Å². The highest BCUT2D eigenvalue weighted by Gasteiger charge is 2.23. The third kappa shape index (κ3) is 7.04. The Morgan fingerprint density at radius 2 is 1.41 bits per heavy atom. The molecule has 1 aromatic rings. The summed E-state index contributed by atoms with van der Waals surface area (Å²) >= 11 is 5.90. The van der Waals surface area contributed by atoms with E-state index in [0.29, 0.717) is 0 Å². The molecular formula is C26H35Cl. The molecule has 0 aliphatic heterocycles. The predicted molar refractivity (Wildman–Crippen MR) is 118 cm³/mol. The molecule has 0 saturated heterocycles. The Labute approximate surface area is 171 Å². The van der Waals surface area contributed by atoms with Gasteiger partial charge in [-0.05, 0) is 79.7 Å². The van der Waals surface area contributed by atoms with E-state index in [0.717, 1.165) is 34.3 Å². The van der Waals surface area contributed by atoms with Crippen LogP contribution in [0.2, 0.25) is 5.02 Å². The topological polar surface area (TPSA) is 0 Å². The van der Waals surface area contributed by atoms with Crippen molar-refractivity contribution in [3.05, 3.63) is 47.0 Å². The third-order valence-corrected chi connectivity index (χ3v) is 7.18. The molecule has 0 amide bonds. The fourth-order valence-electron chi connectivity index (χ4n) is 4.91. The van der Waals surface area contributed by atoms with Gasteiger partial charge in [0.2, 0.25) is 0 Å². The molecule has 146 valence electrons. The lowest BCUT2D eigenvalue weighted by Gasteiger charge is -2.31. The van der Waals surface area contributed by atoms with Gasteiger partial charge in [-0.2, -0.15) is 0 Å². The zero-order valence-corrected chi connectivity index (χ0v) is 17.7. The number of allylic oxidation sites excluding steroid dienone is 2. The van der Waals surface area contributed by atoms with E-state index in [1.165, 1.54) is 70.6 Å². The Hall–Kier alpha value is -1.19. The summed E-state index contributed by atoms with van der Waals surface area (Å²) in [7, 11) is 0. The molecule has 2 aliphatic carbocycles.